The van der Waals surface area contributed by atoms with E-state index in [0.29, 0.717) is 25.7 Å². The summed E-state index contributed by atoms with van der Waals surface area (Å²) in [6, 6.07) is 4.99. The lowest BCUT2D eigenvalue weighted by Gasteiger charge is -2.22. The van der Waals surface area contributed by atoms with Gasteiger partial charge < -0.3 is 10.1 Å². The maximum Gasteiger partial charge on any atom is 0.240 e. The van der Waals surface area contributed by atoms with Crippen LogP contribution in [0.5, 0.6) is 0 Å². The molecule has 0 saturated heterocycles. The van der Waals surface area contributed by atoms with Crippen molar-refractivity contribution in [1.82, 2.24) is 5.32 Å². The molecule has 0 unspecified atom stereocenters. The highest BCUT2D eigenvalue weighted by atomic mass is 32.2. The molecule has 0 atom stereocenters. The van der Waals surface area contributed by atoms with Crippen molar-refractivity contribution in [3.63, 3.8) is 0 Å². The molecule has 1 saturated carbocycles. The monoisotopic (exact) mass is 386 g/mol. The van der Waals surface area contributed by atoms with Crippen LogP contribution < -0.4 is 9.62 Å². The first-order valence-corrected chi connectivity index (χ1v) is 10.8. The second-order valence-corrected chi connectivity index (χ2v) is 8.49. The van der Waals surface area contributed by atoms with Gasteiger partial charge in [-0.1, -0.05) is 19.3 Å². The lowest BCUT2D eigenvalue weighted by atomic mass is 9.98. The fraction of sp³-hybridized carbons (Fsp3) is 0.611. The van der Waals surface area contributed by atoms with Crippen LogP contribution in [-0.4, -0.2) is 46.4 Å². The Balaban J connectivity index is 1.75. The maximum atomic E-state index is 13.0. The zero-order valence-electron chi connectivity index (χ0n) is 15.1. The Kier molecular flexibility index (Phi) is 7.84. The maximum absolute atomic E-state index is 13.0. The summed E-state index contributed by atoms with van der Waals surface area (Å²) in [5.74, 6) is -0.873. The quantitative estimate of drug-likeness (QED) is 0.662. The Morgan fingerprint density at radius 2 is 1.88 bits per heavy atom. The van der Waals surface area contributed by atoms with Crippen LogP contribution in [0.25, 0.3) is 0 Å². The third kappa shape index (κ3) is 6.92. The molecule has 1 amide bonds. The molecular weight excluding hydrogens is 359 g/mol. The van der Waals surface area contributed by atoms with Crippen LogP contribution in [0.4, 0.5) is 10.1 Å². The number of rotatable bonds is 9. The van der Waals surface area contributed by atoms with E-state index in [2.05, 4.69) is 5.32 Å². The number of nitrogens with one attached hydrogen (secondary N) is 1. The molecule has 1 aromatic carbocycles. The highest BCUT2D eigenvalue weighted by molar-refractivity contribution is 7.92. The predicted octanol–water partition coefficient (Wildman–Crippen LogP) is 2.45. The van der Waals surface area contributed by atoms with Crippen molar-refractivity contribution >= 4 is 21.6 Å². The van der Waals surface area contributed by atoms with Crippen molar-refractivity contribution in [2.45, 2.75) is 44.6 Å². The van der Waals surface area contributed by atoms with Crippen LogP contribution in [-0.2, 0) is 19.6 Å². The first-order valence-electron chi connectivity index (χ1n) is 8.98. The highest BCUT2D eigenvalue weighted by Gasteiger charge is 2.20. The molecule has 0 spiro atoms. The van der Waals surface area contributed by atoms with Gasteiger partial charge >= 0.3 is 0 Å². The molecule has 0 bridgehead atoms. The molecule has 0 aromatic heterocycles. The van der Waals surface area contributed by atoms with E-state index in [9.17, 15) is 17.6 Å². The summed E-state index contributed by atoms with van der Waals surface area (Å²) in [4.78, 5) is 12.1. The van der Waals surface area contributed by atoms with Crippen molar-refractivity contribution < 1.29 is 22.3 Å². The first-order chi connectivity index (χ1) is 12.4. The number of ether oxygens (including phenoxy) is 1. The topological polar surface area (TPSA) is 75.7 Å². The molecule has 0 radical (unpaired) electrons. The Labute approximate surface area is 154 Å². The fourth-order valence-electron chi connectivity index (χ4n) is 2.98. The van der Waals surface area contributed by atoms with Crippen LogP contribution in [0.1, 0.15) is 38.5 Å². The summed E-state index contributed by atoms with van der Waals surface area (Å²) < 4.78 is 43.6. The Bertz CT molecular complexity index is 673. The van der Waals surface area contributed by atoms with Gasteiger partial charge in [0.25, 0.3) is 0 Å². The van der Waals surface area contributed by atoms with Crippen molar-refractivity contribution in [3.05, 3.63) is 30.1 Å². The molecule has 1 fully saturated rings. The largest absolute Gasteiger partial charge is 0.378 e. The molecule has 1 aromatic rings. The van der Waals surface area contributed by atoms with E-state index in [1.807, 2.05) is 0 Å². The lowest BCUT2D eigenvalue weighted by Crippen LogP contribution is -2.40. The van der Waals surface area contributed by atoms with Crippen LogP contribution in [0.2, 0.25) is 0 Å². The van der Waals surface area contributed by atoms with Gasteiger partial charge in [-0.25, -0.2) is 12.8 Å². The third-order valence-corrected chi connectivity index (χ3v) is 5.49. The van der Waals surface area contributed by atoms with E-state index < -0.39 is 21.7 Å². The molecule has 146 valence electrons. The minimum absolute atomic E-state index is 0.254. The van der Waals surface area contributed by atoms with Gasteiger partial charge in [0.05, 0.1) is 18.0 Å². The van der Waals surface area contributed by atoms with Crippen molar-refractivity contribution in [1.29, 1.82) is 0 Å². The number of amides is 1. The average molecular weight is 386 g/mol. The van der Waals surface area contributed by atoms with E-state index in [1.165, 1.54) is 31.4 Å². The van der Waals surface area contributed by atoms with Crippen LogP contribution in [0, 0.1) is 5.82 Å². The number of anilines is 1. The van der Waals surface area contributed by atoms with Gasteiger partial charge in [-0.05, 0) is 43.5 Å². The SMILES string of the molecule is CS(=O)(=O)N(CC(=O)NCCCOC1CCCCC1)c1ccc(F)cc1. The number of halogens is 1. The van der Waals surface area contributed by atoms with Gasteiger partial charge in [-0.3, -0.25) is 9.10 Å². The van der Waals surface area contributed by atoms with Crippen LogP contribution in [0.3, 0.4) is 0 Å². The third-order valence-electron chi connectivity index (χ3n) is 4.35. The molecule has 0 heterocycles. The standard InChI is InChI=1S/C18H27FN2O4S/c1-26(23,24)21(16-10-8-15(19)9-11-16)14-18(22)20-12-5-13-25-17-6-3-2-4-7-17/h8-11,17H,2-7,12-14H2,1H3,(H,20,22). The van der Waals surface area contributed by atoms with Crippen molar-refractivity contribution in [3.8, 4) is 0 Å². The van der Waals surface area contributed by atoms with Gasteiger partial charge in [0, 0.05) is 13.2 Å². The zero-order chi connectivity index (χ0) is 19.0. The van der Waals surface area contributed by atoms with E-state index >= 15 is 0 Å². The summed E-state index contributed by atoms with van der Waals surface area (Å²) in [6.45, 7) is 0.666. The number of hydrogen-bond donors (Lipinski definition) is 1. The van der Waals surface area contributed by atoms with Gasteiger partial charge in [0.2, 0.25) is 15.9 Å². The highest BCUT2D eigenvalue weighted by Crippen LogP contribution is 2.20. The zero-order valence-corrected chi connectivity index (χ0v) is 15.9. The van der Waals surface area contributed by atoms with Gasteiger partial charge in [0.15, 0.2) is 0 Å². The minimum Gasteiger partial charge on any atom is -0.378 e. The second kappa shape index (κ2) is 9.87. The number of carbonyl (C=O) groups excluding carboxylic acids is 1. The van der Waals surface area contributed by atoms with Crippen molar-refractivity contribution in [2.24, 2.45) is 0 Å². The number of carbonyl (C=O) groups is 1. The molecule has 26 heavy (non-hydrogen) atoms. The van der Waals surface area contributed by atoms with E-state index in [0.717, 1.165) is 35.5 Å². The molecule has 1 aliphatic rings. The summed E-state index contributed by atoms with van der Waals surface area (Å²) >= 11 is 0. The number of benzene rings is 1. The molecule has 1 aliphatic carbocycles. The normalized spacial score (nSPS) is 15.6. The first kappa shape index (κ1) is 20.6. The Morgan fingerprint density at radius 3 is 2.50 bits per heavy atom. The van der Waals surface area contributed by atoms with Gasteiger partial charge in [-0.15, -0.1) is 0 Å². The molecule has 2 rings (SSSR count). The predicted molar refractivity (Wildman–Crippen MR) is 99.0 cm³/mol. The Morgan fingerprint density at radius 1 is 1.23 bits per heavy atom. The van der Waals surface area contributed by atoms with Gasteiger partial charge in [0.1, 0.15) is 12.4 Å². The molecular formula is C18H27FN2O4S. The summed E-state index contributed by atoms with van der Waals surface area (Å²) in [7, 11) is -3.65. The smallest absolute Gasteiger partial charge is 0.240 e. The Hall–Kier alpha value is -1.67. The minimum atomic E-state index is -3.65. The number of nitrogens with zero attached hydrogens (tertiary/aromatic N) is 1. The van der Waals surface area contributed by atoms with Crippen molar-refractivity contribution in [2.75, 3.05) is 30.3 Å². The number of sulfonamides is 1. The number of hydrogen-bond acceptors (Lipinski definition) is 4. The summed E-state index contributed by atoms with van der Waals surface area (Å²) in [5.41, 5.74) is 0.254. The van der Waals surface area contributed by atoms with Crippen LogP contribution >= 0.6 is 0 Å². The summed E-state index contributed by atoms with van der Waals surface area (Å²) in [6.07, 6.45) is 7.94. The van der Waals surface area contributed by atoms with E-state index in [4.69, 9.17) is 4.74 Å². The van der Waals surface area contributed by atoms with E-state index in [1.54, 1.807) is 0 Å². The summed E-state index contributed by atoms with van der Waals surface area (Å²) in [5, 5.41) is 2.70. The second-order valence-electron chi connectivity index (χ2n) is 6.58. The average Bonchev–Trinajstić information content (AvgIpc) is 2.60. The van der Waals surface area contributed by atoms with Gasteiger partial charge in [-0.2, -0.15) is 0 Å². The fourth-order valence-corrected chi connectivity index (χ4v) is 3.83. The lowest BCUT2D eigenvalue weighted by molar-refractivity contribution is -0.119. The molecule has 0 aliphatic heterocycles. The molecule has 8 heteroatoms. The van der Waals surface area contributed by atoms with E-state index in [-0.39, 0.29) is 12.2 Å². The van der Waals surface area contributed by atoms with Crippen LogP contribution in [0.15, 0.2) is 24.3 Å². The molecule has 6 nitrogen and oxygen atoms in total. The molecule has 1 N–H and O–H groups in total.